The molecule has 0 radical (unpaired) electrons. The number of H-pyrrole nitrogens is 1. The SMILES string of the molecule is FC(F)(F)c1cccc(-c2nc(Nc3ccnc(-c4ccccc4)c3)n[nH]2)n1. The monoisotopic (exact) mass is 382 g/mol. The Morgan fingerprint density at radius 2 is 1.68 bits per heavy atom. The number of nitrogens with zero attached hydrogens (tertiary/aromatic N) is 4. The zero-order chi connectivity index (χ0) is 19.6. The second kappa shape index (κ2) is 7.10. The van der Waals surface area contributed by atoms with Gasteiger partial charge >= 0.3 is 6.18 Å². The highest BCUT2D eigenvalue weighted by atomic mass is 19.4. The van der Waals surface area contributed by atoms with Crippen molar-refractivity contribution in [1.82, 2.24) is 25.1 Å². The molecule has 3 heterocycles. The number of anilines is 2. The lowest BCUT2D eigenvalue weighted by Crippen LogP contribution is -2.08. The van der Waals surface area contributed by atoms with Crippen LogP contribution in [0.4, 0.5) is 24.8 Å². The first-order valence-corrected chi connectivity index (χ1v) is 8.24. The van der Waals surface area contributed by atoms with Crippen molar-refractivity contribution in [2.75, 3.05) is 5.32 Å². The quantitative estimate of drug-likeness (QED) is 0.535. The van der Waals surface area contributed by atoms with Gasteiger partial charge in [-0.25, -0.2) is 4.98 Å². The van der Waals surface area contributed by atoms with E-state index >= 15 is 0 Å². The highest BCUT2D eigenvalue weighted by Gasteiger charge is 2.32. The van der Waals surface area contributed by atoms with Gasteiger partial charge in [-0.05, 0) is 24.3 Å². The van der Waals surface area contributed by atoms with Gasteiger partial charge in [-0.1, -0.05) is 36.4 Å². The molecule has 1 aromatic carbocycles. The van der Waals surface area contributed by atoms with Crippen LogP contribution in [-0.2, 0) is 6.18 Å². The highest BCUT2D eigenvalue weighted by molar-refractivity contribution is 5.66. The zero-order valence-electron chi connectivity index (χ0n) is 14.3. The first kappa shape index (κ1) is 17.7. The molecule has 0 unspecified atom stereocenters. The molecule has 3 aromatic heterocycles. The molecule has 0 atom stereocenters. The van der Waals surface area contributed by atoms with Gasteiger partial charge in [-0.2, -0.15) is 18.2 Å². The van der Waals surface area contributed by atoms with E-state index in [9.17, 15) is 13.2 Å². The smallest absolute Gasteiger partial charge is 0.323 e. The normalized spacial score (nSPS) is 11.4. The molecular weight excluding hydrogens is 369 g/mol. The van der Waals surface area contributed by atoms with E-state index < -0.39 is 11.9 Å². The van der Waals surface area contributed by atoms with Crippen molar-refractivity contribution in [3.63, 3.8) is 0 Å². The average molecular weight is 382 g/mol. The Bertz CT molecular complexity index is 1090. The van der Waals surface area contributed by atoms with Gasteiger partial charge < -0.3 is 5.32 Å². The number of aromatic amines is 1. The Kier molecular flexibility index (Phi) is 4.48. The maximum Gasteiger partial charge on any atom is 0.433 e. The Balaban J connectivity index is 1.56. The Labute approximate surface area is 157 Å². The van der Waals surface area contributed by atoms with Gasteiger partial charge in [0, 0.05) is 17.4 Å². The van der Waals surface area contributed by atoms with Gasteiger partial charge in [-0.3, -0.25) is 10.1 Å². The summed E-state index contributed by atoms with van der Waals surface area (Å²) in [6.07, 6.45) is -2.88. The zero-order valence-corrected chi connectivity index (χ0v) is 14.3. The van der Waals surface area contributed by atoms with Crippen LogP contribution in [-0.4, -0.2) is 25.1 Å². The summed E-state index contributed by atoms with van der Waals surface area (Å²) in [6.45, 7) is 0. The van der Waals surface area contributed by atoms with Crippen LogP contribution in [0, 0.1) is 0 Å². The van der Waals surface area contributed by atoms with Crippen molar-refractivity contribution >= 4 is 11.6 Å². The summed E-state index contributed by atoms with van der Waals surface area (Å²) in [6, 6.07) is 16.8. The molecule has 0 aliphatic rings. The molecule has 4 aromatic rings. The lowest BCUT2D eigenvalue weighted by molar-refractivity contribution is -0.141. The predicted octanol–water partition coefficient (Wildman–Crippen LogP) is 4.69. The van der Waals surface area contributed by atoms with Gasteiger partial charge in [-0.15, -0.1) is 5.10 Å². The molecule has 6 nitrogen and oxygen atoms in total. The Morgan fingerprint density at radius 3 is 2.46 bits per heavy atom. The van der Waals surface area contributed by atoms with Gasteiger partial charge in [0.1, 0.15) is 11.4 Å². The molecule has 140 valence electrons. The Hall–Kier alpha value is -3.75. The first-order valence-electron chi connectivity index (χ1n) is 8.24. The minimum absolute atomic E-state index is 0.0510. The predicted molar refractivity (Wildman–Crippen MR) is 97.6 cm³/mol. The van der Waals surface area contributed by atoms with E-state index in [2.05, 4.69) is 30.5 Å². The maximum atomic E-state index is 12.8. The number of hydrogen-bond acceptors (Lipinski definition) is 5. The fraction of sp³-hybridized carbons (Fsp3) is 0.0526. The van der Waals surface area contributed by atoms with Crippen LogP contribution < -0.4 is 5.32 Å². The lowest BCUT2D eigenvalue weighted by Gasteiger charge is -2.06. The summed E-state index contributed by atoms with van der Waals surface area (Å²) in [5.74, 6) is 0.338. The average Bonchev–Trinajstić information content (AvgIpc) is 3.17. The number of nitrogens with one attached hydrogen (secondary N) is 2. The van der Waals surface area contributed by atoms with Crippen molar-refractivity contribution in [2.24, 2.45) is 0 Å². The van der Waals surface area contributed by atoms with Crippen molar-refractivity contribution in [3.8, 4) is 22.8 Å². The van der Waals surface area contributed by atoms with Crippen LogP contribution in [0.15, 0.2) is 66.9 Å². The summed E-state index contributed by atoms with van der Waals surface area (Å²) in [7, 11) is 0. The summed E-state index contributed by atoms with van der Waals surface area (Å²) >= 11 is 0. The van der Waals surface area contributed by atoms with Crippen LogP contribution >= 0.6 is 0 Å². The third kappa shape index (κ3) is 3.83. The summed E-state index contributed by atoms with van der Waals surface area (Å²) < 4.78 is 38.5. The van der Waals surface area contributed by atoms with Crippen LogP contribution in [0.25, 0.3) is 22.8 Å². The number of aromatic nitrogens is 5. The molecule has 2 N–H and O–H groups in total. The van der Waals surface area contributed by atoms with Crippen LogP contribution in [0.1, 0.15) is 5.69 Å². The second-order valence-electron chi connectivity index (χ2n) is 5.83. The fourth-order valence-electron chi connectivity index (χ4n) is 2.56. The van der Waals surface area contributed by atoms with Crippen LogP contribution in [0.3, 0.4) is 0 Å². The van der Waals surface area contributed by atoms with Crippen LogP contribution in [0.2, 0.25) is 0 Å². The minimum atomic E-state index is -4.53. The van der Waals surface area contributed by atoms with Crippen molar-refractivity contribution < 1.29 is 13.2 Å². The van der Waals surface area contributed by atoms with Gasteiger partial charge in [0.05, 0.1) is 5.69 Å². The molecule has 0 aliphatic carbocycles. The highest BCUT2D eigenvalue weighted by Crippen LogP contribution is 2.29. The minimum Gasteiger partial charge on any atom is -0.323 e. The largest absolute Gasteiger partial charge is 0.433 e. The fourth-order valence-corrected chi connectivity index (χ4v) is 2.56. The molecule has 9 heteroatoms. The molecule has 4 rings (SSSR count). The maximum absolute atomic E-state index is 12.8. The van der Waals surface area contributed by atoms with E-state index in [0.717, 1.165) is 17.3 Å². The Morgan fingerprint density at radius 1 is 0.857 bits per heavy atom. The van der Waals surface area contributed by atoms with Gasteiger partial charge in [0.15, 0.2) is 5.82 Å². The standard InChI is InChI=1S/C19H13F3N6/c20-19(21,22)16-8-4-7-14(25-16)17-26-18(28-27-17)24-13-9-10-23-15(11-13)12-5-2-1-3-6-12/h1-11H,(H2,23,24,26,27,28). The number of pyridine rings is 2. The van der Waals surface area contributed by atoms with Crippen molar-refractivity contribution in [1.29, 1.82) is 0 Å². The molecule has 0 saturated carbocycles. The van der Waals surface area contributed by atoms with Gasteiger partial charge in [0.2, 0.25) is 5.95 Å². The van der Waals surface area contributed by atoms with E-state index in [-0.39, 0.29) is 17.5 Å². The number of hydrogen-bond donors (Lipinski definition) is 2. The first-order chi connectivity index (χ1) is 13.5. The van der Waals surface area contributed by atoms with Crippen LogP contribution in [0.5, 0.6) is 0 Å². The third-order valence-electron chi connectivity index (χ3n) is 3.85. The van der Waals surface area contributed by atoms with Crippen molar-refractivity contribution in [2.45, 2.75) is 6.18 Å². The molecule has 0 fully saturated rings. The molecule has 0 aliphatic heterocycles. The van der Waals surface area contributed by atoms with E-state index in [4.69, 9.17) is 0 Å². The number of benzene rings is 1. The van der Waals surface area contributed by atoms with Gasteiger partial charge in [0.25, 0.3) is 0 Å². The number of halogens is 3. The molecule has 0 bridgehead atoms. The molecule has 0 amide bonds. The second-order valence-corrected chi connectivity index (χ2v) is 5.83. The van der Waals surface area contributed by atoms with E-state index in [1.54, 1.807) is 12.3 Å². The summed E-state index contributed by atoms with van der Waals surface area (Å²) in [4.78, 5) is 12.1. The van der Waals surface area contributed by atoms with Crippen molar-refractivity contribution in [3.05, 3.63) is 72.6 Å². The molecule has 0 spiro atoms. The molecule has 28 heavy (non-hydrogen) atoms. The lowest BCUT2D eigenvalue weighted by atomic mass is 10.1. The molecule has 0 saturated heterocycles. The van der Waals surface area contributed by atoms with E-state index in [1.807, 2.05) is 36.4 Å². The topological polar surface area (TPSA) is 79.4 Å². The molecular formula is C19H13F3N6. The summed E-state index contributed by atoms with van der Waals surface area (Å²) in [5, 5.41) is 9.60. The van der Waals surface area contributed by atoms with E-state index in [0.29, 0.717) is 5.69 Å². The summed E-state index contributed by atoms with van der Waals surface area (Å²) in [5.41, 5.74) is 1.47. The number of alkyl halides is 3. The number of rotatable bonds is 4. The third-order valence-corrected chi connectivity index (χ3v) is 3.85. The van der Waals surface area contributed by atoms with E-state index in [1.165, 1.54) is 12.1 Å².